The van der Waals surface area contributed by atoms with Crippen molar-refractivity contribution in [3.05, 3.63) is 52.8 Å². The van der Waals surface area contributed by atoms with Gasteiger partial charge in [0.15, 0.2) is 0 Å². The van der Waals surface area contributed by atoms with E-state index in [4.69, 9.17) is 0 Å². The Bertz CT molecular complexity index is 541. The van der Waals surface area contributed by atoms with Crippen LogP contribution in [0.4, 0.5) is 0 Å². The van der Waals surface area contributed by atoms with Crippen LogP contribution < -0.4 is 0 Å². The normalized spacial score (nSPS) is 10.7. The summed E-state index contributed by atoms with van der Waals surface area (Å²) < 4.78 is 0. The lowest BCUT2D eigenvalue weighted by Gasteiger charge is -2.07. The van der Waals surface area contributed by atoms with E-state index >= 15 is 0 Å². The monoisotopic (exact) mass is 241 g/mol. The summed E-state index contributed by atoms with van der Waals surface area (Å²) >= 11 is 0. The largest absolute Gasteiger partial charge is 0.264 e. The zero-order chi connectivity index (χ0) is 12.4. The van der Waals surface area contributed by atoms with Crippen LogP contribution in [0.5, 0.6) is 0 Å². The molecule has 0 aliphatic heterocycles. The highest BCUT2D eigenvalue weighted by Crippen LogP contribution is 2.39. The van der Waals surface area contributed by atoms with Crippen LogP contribution in [0.1, 0.15) is 43.5 Å². The molecule has 1 nitrogen and oxygen atoms in total. The number of nitrogens with zero attached hydrogens (tertiary/aromatic N) is 1. The smallest absolute Gasteiger partial charge is 0.0349 e. The van der Waals surface area contributed by atoms with E-state index in [2.05, 4.69) is 37.0 Å². The molecule has 1 aromatic carbocycles. The van der Waals surface area contributed by atoms with Crippen LogP contribution in [0.2, 0.25) is 0 Å². The molecule has 1 aliphatic carbocycles. The van der Waals surface area contributed by atoms with Gasteiger partial charge in [0.1, 0.15) is 0 Å². The van der Waals surface area contributed by atoms with Crippen LogP contribution in [0.3, 0.4) is 0 Å². The Kier molecular flexibility index (Phi) is 4.66. The third-order valence-corrected chi connectivity index (χ3v) is 3.30. The Labute approximate surface area is 111 Å². The van der Waals surface area contributed by atoms with Gasteiger partial charge in [-0.15, -0.1) is 0 Å². The number of fused-ring (bicyclic) bond motifs is 3. The fraction of sp³-hybridized carbons (Fsp3) is 0.353. The molecule has 18 heavy (non-hydrogen) atoms. The second-order valence-corrected chi connectivity index (χ2v) is 4.26. The van der Waals surface area contributed by atoms with Crippen molar-refractivity contribution in [1.29, 1.82) is 0 Å². The minimum atomic E-state index is 0. The van der Waals surface area contributed by atoms with E-state index in [1.807, 2.05) is 26.2 Å². The first-order chi connectivity index (χ1) is 8.27. The average Bonchev–Trinajstić information content (AvgIpc) is 2.77. The molecule has 1 aliphatic rings. The first-order valence-electron chi connectivity index (χ1n) is 6.29. The van der Waals surface area contributed by atoms with E-state index in [-0.39, 0.29) is 7.43 Å². The standard InChI is InChI=1S/C14H13N.C2H6.CH4/c1-9-3-4-10(2)14-12(9)7-11-5-6-15-8-13(11)14;1-2;/h3-6,8H,7H2,1-2H3;1-2H3;1H4. The van der Waals surface area contributed by atoms with E-state index in [0.717, 1.165) is 6.42 Å². The minimum Gasteiger partial charge on any atom is -0.264 e. The SMILES string of the molecule is C.CC.Cc1ccc(C)c2c1Cc1ccncc1-2. The maximum absolute atomic E-state index is 4.23. The zero-order valence-corrected chi connectivity index (χ0v) is 11.0. The van der Waals surface area contributed by atoms with Gasteiger partial charge in [-0.05, 0) is 54.2 Å². The Hall–Kier alpha value is -1.63. The molecule has 1 heteroatoms. The Morgan fingerprint density at radius 1 is 1.00 bits per heavy atom. The fourth-order valence-corrected chi connectivity index (χ4v) is 2.46. The van der Waals surface area contributed by atoms with Crippen molar-refractivity contribution in [1.82, 2.24) is 4.98 Å². The summed E-state index contributed by atoms with van der Waals surface area (Å²) in [7, 11) is 0. The quantitative estimate of drug-likeness (QED) is 0.543. The molecule has 0 fully saturated rings. The molecule has 2 aromatic rings. The lowest BCUT2D eigenvalue weighted by Crippen LogP contribution is -1.88. The van der Waals surface area contributed by atoms with Crippen LogP contribution >= 0.6 is 0 Å². The number of hydrogen-bond donors (Lipinski definition) is 0. The molecule has 0 spiro atoms. The number of benzene rings is 1. The molecule has 1 aromatic heterocycles. The van der Waals surface area contributed by atoms with E-state index < -0.39 is 0 Å². The molecule has 1 heterocycles. The maximum atomic E-state index is 4.23. The van der Waals surface area contributed by atoms with Gasteiger partial charge >= 0.3 is 0 Å². The van der Waals surface area contributed by atoms with Crippen molar-refractivity contribution < 1.29 is 0 Å². The van der Waals surface area contributed by atoms with E-state index in [0.29, 0.717) is 0 Å². The van der Waals surface area contributed by atoms with E-state index in [9.17, 15) is 0 Å². The van der Waals surface area contributed by atoms with Crippen molar-refractivity contribution in [2.45, 2.75) is 41.5 Å². The number of aromatic nitrogens is 1. The predicted molar refractivity (Wildman–Crippen MR) is 80.0 cm³/mol. The number of aryl methyl sites for hydroxylation is 2. The number of rotatable bonds is 0. The van der Waals surface area contributed by atoms with Gasteiger partial charge in [-0.1, -0.05) is 33.4 Å². The molecule has 0 radical (unpaired) electrons. The summed E-state index contributed by atoms with van der Waals surface area (Å²) in [5.74, 6) is 0. The van der Waals surface area contributed by atoms with Gasteiger partial charge in [0.05, 0.1) is 0 Å². The summed E-state index contributed by atoms with van der Waals surface area (Å²) in [6, 6.07) is 6.55. The fourth-order valence-electron chi connectivity index (χ4n) is 2.46. The summed E-state index contributed by atoms with van der Waals surface area (Å²) in [6.45, 7) is 8.37. The molecule has 96 valence electrons. The topological polar surface area (TPSA) is 12.9 Å². The molecule has 0 amide bonds. The van der Waals surface area contributed by atoms with Crippen LogP contribution in [0, 0.1) is 13.8 Å². The molecule has 0 saturated carbocycles. The van der Waals surface area contributed by atoms with Gasteiger partial charge in [0.25, 0.3) is 0 Å². The Balaban J connectivity index is 0.000000516. The second-order valence-electron chi connectivity index (χ2n) is 4.26. The summed E-state index contributed by atoms with van der Waals surface area (Å²) in [4.78, 5) is 4.23. The van der Waals surface area contributed by atoms with Gasteiger partial charge in [-0.3, -0.25) is 4.98 Å². The lowest BCUT2D eigenvalue weighted by molar-refractivity contribution is 1.20. The van der Waals surface area contributed by atoms with Crippen LogP contribution in [0.15, 0.2) is 30.6 Å². The second kappa shape index (κ2) is 5.81. The van der Waals surface area contributed by atoms with Crippen molar-refractivity contribution in [3.8, 4) is 11.1 Å². The van der Waals surface area contributed by atoms with Crippen molar-refractivity contribution in [2.75, 3.05) is 0 Å². The van der Waals surface area contributed by atoms with E-state index in [1.165, 1.54) is 33.4 Å². The predicted octanol–water partition coefficient (Wildman–Crippen LogP) is 4.93. The molecule has 3 rings (SSSR count). The number of hydrogen-bond acceptors (Lipinski definition) is 1. The molecule has 0 bridgehead atoms. The first kappa shape index (κ1) is 14.4. The van der Waals surface area contributed by atoms with Crippen molar-refractivity contribution in [3.63, 3.8) is 0 Å². The molecule has 0 saturated heterocycles. The Morgan fingerprint density at radius 2 is 1.67 bits per heavy atom. The average molecular weight is 241 g/mol. The van der Waals surface area contributed by atoms with Crippen LogP contribution in [0.25, 0.3) is 11.1 Å². The zero-order valence-electron chi connectivity index (χ0n) is 11.0. The highest BCUT2D eigenvalue weighted by molar-refractivity contribution is 5.79. The molecular formula is C17H23N. The highest BCUT2D eigenvalue weighted by atomic mass is 14.6. The summed E-state index contributed by atoms with van der Waals surface area (Å²) in [6.07, 6.45) is 4.95. The van der Waals surface area contributed by atoms with Crippen LogP contribution in [-0.4, -0.2) is 4.98 Å². The number of pyridine rings is 1. The highest BCUT2D eigenvalue weighted by Gasteiger charge is 2.21. The lowest BCUT2D eigenvalue weighted by atomic mass is 9.98. The van der Waals surface area contributed by atoms with E-state index in [1.54, 1.807) is 0 Å². The summed E-state index contributed by atoms with van der Waals surface area (Å²) in [5.41, 5.74) is 8.40. The van der Waals surface area contributed by atoms with Crippen molar-refractivity contribution in [2.24, 2.45) is 0 Å². The minimum absolute atomic E-state index is 0. The van der Waals surface area contributed by atoms with Crippen molar-refractivity contribution >= 4 is 0 Å². The molecule has 0 atom stereocenters. The third kappa shape index (κ3) is 2.17. The molecule has 0 N–H and O–H groups in total. The summed E-state index contributed by atoms with van der Waals surface area (Å²) in [5, 5.41) is 0. The molecule has 0 unspecified atom stereocenters. The third-order valence-electron chi connectivity index (χ3n) is 3.30. The van der Waals surface area contributed by atoms with Gasteiger partial charge in [-0.25, -0.2) is 0 Å². The Morgan fingerprint density at radius 3 is 2.39 bits per heavy atom. The van der Waals surface area contributed by atoms with Gasteiger partial charge in [0.2, 0.25) is 0 Å². The maximum Gasteiger partial charge on any atom is 0.0349 e. The van der Waals surface area contributed by atoms with Gasteiger partial charge in [-0.2, -0.15) is 0 Å². The van der Waals surface area contributed by atoms with Gasteiger partial charge in [0, 0.05) is 18.0 Å². The molecular weight excluding hydrogens is 218 g/mol. The first-order valence-corrected chi connectivity index (χ1v) is 6.29. The van der Waals surface area contributed by atoms with Crippen LogP contribution in [-0.2, 0) is 6.42 Å². The van der Waals surface area contributed by atoms with Gasteiger partial charge < -0.3 is 0 Å².